The largest absolute Gasteiger partial charge is 0.424 e. The first kappa shape index (κ1) is 95.5. The summed E-state index contributed by atoms with van der Waals surface area (Å²) in [6, 6.07) is 158. The van der Waals surface area contributed by atoms with Crippen LogP contribution in [-0.4, -0.2) is 59.8 Å². The molecule has 24 nitrogen and oxygen atoms in total. The van der Waals surface area contributed by atoms with Crippen LogP contribution >= 0.6 is 0 Å². The van der Waals surface area contributed by atoms with E-state index in [1.807, 2.05) is 439 Å². The first-order valence-electron chi connectivity index (χ1n) is 46.9. The van der Waals surface area contributed by atoms with Crippen molar-refractivity contribution in [2.75, 3.05) is 0 Å². The summed E-state index contributed by atoms with van der Waals surface area (Å²) >= 11 is 0. The second-order valence-electron chi connectivity index (χ2n) is 32.7. The van der Waals surface area contributed by atoms with Gasteiger partial charge in [-0.25, -0.2) is 0 Å². The molecule has 0 N–H and O–H groups in total. The van der Waals surface area contributed by atoms with Gasteiger partial charge in [-0.15, -0.1) is 59.8 Å². The van der Waals surface area contributed by atoms with Crippen LogP contribution < -0.4 is 56.8 Å². The number of hydrogen-bond donors (Lipinski definition) is 0. The summed E-state index contributed by atoms with van der Waals surface area (Å²) in [4.78, 5) is 52.1. The summed E-state index contributed by atoms with van der Waals surface area (Å²) in [6.45, 7) is 6.02. The number of ether oxygens (including phenoxy) is 12. The molecule has 0 bridgehead atoms. The van der Waals surface area contributed by atoms with Gasteiger partial charge in [-0.2, -0.15) is 0 Å². The average molecular weight is 1930 g/mol. The zero-order chi connectivity index (χ0) is 99.8. The van der Waals surface area contributed by atoms with Gasteiger partial charge in [0.15, 0.2) is 0 Å². The van der Waals surface area contributed by atoms with E-state index in [2.05, 4.69) is 133 Å². The van der Waals surface area contributed by atoms with Gasteiger partial charge >= 0.3 is 72.1 Å². The summed E-state index contributed by atoms with van der Waals surface area (Å²) in [5.41, 5.74) is 16.6. The molecule has 0 atom stereocenters. The number of nitrogens with zero attached hydrogens (tertiary/aromatic N) is 12. The van der Waals surface area contributed by atoms with Crippen LogP contribution in [0.2, 0.25) is 0 Å². The lowest BCUT2D eigenvalue weighted by molar-refractivity contribution is 0.361. The number of rotatable bonds is 30. The third-order valence-corrected chi connectivity index (χ3v) is 21.9. The van der Waals surface area contributed by atoms with Crippen molar-refractivity contribution >= 4 is 0 Å². The molecule has 22 rings (SSSR count). The SMILES string of the molecule is Cc1ccc(Oc2nc(Oc3ccc(C)cc3)nc(Oc3ccc(C)cc3)n2)cc1.c1ccc(-c2ccc(Oc3nc(Oc4ccc(-c5ccccc5)cc4)nc(Oc4ccc(-c5ccccc5)cc4)n3)cc2)cc1.c1ccc(Oc2nc(Oc3ccc(-c4ccccc4)cc3)nc(Oc3ccc(-c4ccccc4)cc3)n2)cc1.c1ccc(Oc2nc(Oc3ccccc3)nc(Oc3ccc(-c4ccccc4)cc3)n2)cc1. The lowest BCUT2D eigenvalue weighted by atomic mass is 10.1. The fourth-order valence-electron chi connectivity index (χ4n) is 14.5. The van der Waals surface area contributed by atoms with Crippen LogP contribution in [0.3, 0.4) is 0 Å². The topological polar surface area (TPSA) is 265 Å². The normalized spacial score (nSPS) is 10.6. The highest BCUT2D eigenvalue weighted by molar-refractivity contribution is 5.69. The van der Waals surface area contributed by atoms with Crippen molar-refractivity contribution in [3.05, 3.63) is 508 Å². The van der Waals surface area contributed by atoms with Crippen molar-refractivity contribution in [1.29, 1.82) is 0 Å². The zero-order valence-electron chi connectivity index (χ0n) is 79.5. The van der Waals surface area contributed by atoms with Crippen LogP contribution in [-0.2, 0) is 0 Å². The highest BCUT2D eigenvalue weighted by atomic mass is 16.6. The molecule has 18 aromatic carbocycles. The molecule has 0 radical (unpaired) electrons. The number of aryl methyl sites for hydroxylation is 3. The molecule has 4 aromatic heterocycles. The Morgan fingerprint density at radius 2 is 0.184 bits per heavy atom. The molecule has 714 valence electrons. The Hall–Kier alpha value is -20.4. The molecular weight excluding hydrogens is 1840 g/mol. The Morgan fingerprint density at radius 3 is 0.299 bits per heavy atom. The molecule has 0 fully saturated rings. The number of hydrogen-bond acceptors (Lipinski definition) is 24. The summed E-state index contributed by atoms with van der Waals surface area (Å²) in [5.74, 6) is 7.01. The maximum atomic E-state index is 6.06. The van der Waals surface area contributed by atoms with Gasteiger partial charge in [0, 0.05) is 0 Å². The van der Waals surface area contributed by atoms with Crippen LogP contribution in [0.1, 0.15) is 16.7 Å². The van der Waals surface area contributed by atoms with Gasteiger partial charge in [0.2, 0.25) is 0 Å². The van der Waals surface area contributed by atoms with E-state index >= 15 is 0 Å². The average Bonchev–Trinajstić information content (AvgIpc) is 0.830. The van der Waals surface area contributed by atoms with E-state index in [9.17, 15) is 0 Å². The molecule has 0 aliphatic carbocycles. The predicted molar refractivity (Wildman–Crippen MR) is 564 cm³/mol. The minimum Gasteiger partial charge on any atom is -0.424 e. The molecular formula is C123H90N12O12. The molecule has 0 aliphatic heterocycles. The Bertz CT molecular complexity index is 7380. The maximum absolute atomic E-state index is 6.06. The van der Waals surface area contributed by atoms with Crippen LogP contribution in [0.15, 0.2) is 491 Å². The molecule has 147 heavy (non-hydrogen) atoms. The molecule has 22 aromatic rings. The van der Waals surface area contributed by atoms with Crippen LogP contribution in [0, 0.1) is 20.8 Å². The Balaban J connectivity index is 0.000000125. The number of para-hydroxylation sites is 3. The summed E-state index contributed by atoms with van der Waals surface area (Å²) in [6.07, 6.45) is 0. The van der Waals surface area contributed by atoms with Crippen molar-refractivity contribution in [3.63, 3.8) is 0 Å². The zero-order valence-corrected chi connectivity index (χ0v) is 79.5. The van der Waals surface area contributed by atoms with Gasteiger partial charge in [0.1, 0.15) is 69.0 Å². The van der Waals surface area contributed by atoms with Gasteiger partial charge in [0.05, 0.1) is 0 Å². The first-order valence-corrected chi connectivity index (χ1v) is 46.9. The second kappa shape index (κ2) is 48.0. The summed E-state index contributed by atoms with van der Waals surface area (Å²) < 4.78 is 70.9. The van der Waals surface area contributed by atoms with Crippen molar-refractivity contribution in [2.24, 2.45) is 0 Å². The van der Waals surface area contributed by atoms with Crippen molar-refractivity contribution in [3.8, 4) is 208 Å². The van der Waals surface area contributed by atoms with E-state index in [0.717, 1.165) is 83.5 Å². The first-order chi connectivity index (χ1) is 72.4. The van der Waals surface area contributed by atoms with Crippen LogP contribution in [0.5, 0.6) is 141 Å². The van der Waals surface area contributed by atoms with E-state index in [-0.39, 0.29) is 72.1 Å². The van der Waals surface area contributed by atoms with Crippen molar-refractivity contribution < 1.29 is 56.8 Å². The third-order valence-electron chi connectivity index (χ3n) is 21.9. The standard InChI is InChI=1S/C39H27N3O3.C33H23N3O3.C27H19N3O3.C24H21N3O3/c1-4-10-28(11-5-1)31-16-22-34(23-17-31)43-37-40-38(44-35-24-18-32(19-25-35)29-12-6-2-7-13-29)42-39(41-37)45-36-26-20-33(21-27-36)30-14-8-3-9-15-30;1-4-10-24(11-5-1)26-16-20-29(21-17-26)38-32-34-31(37-28-14-8-3-9-15-28)35-33(36-32)39-30-22-18-27(19-23-30)25-12-6-2-7-13-25;1-4-10-20(11-5-1)21-16-18-24(19-17-21)33-27-29-25(31-22-12-6-2-7-13-22)28-26(30-27)32-23-14-8-3-9-15-23;1-16-4-10-19(11-5-16)28-22-25-23(29-20-12-6-17(2)7-13-20)27-24(26-22)30-21-14-8-18(3)9-15-21/h1-27H;1-23H;1-19H;4-15H,1-3H3. The van der Waals surface area contributed by atoms with E-state index in [1.54, 1.807) is 0 Å². The van der Waals surface area contributed by atoms with Gasteiger partial charge in [-0.1, -0.05) is 362 Å². The van der Waals surface area contributed by atoms with Crippen molar-refractivity contribution in [1.82, 2.24) is 59.8 Å². The minimum atomic E-state index is 0.0456. The van der Waals surface area contributed by atoms with Crippen molar-refractivity contribution in [2.45, 2.75) is 20.8 Å². The van der Waals surface area contributed by atoms with E-state index < -0.39 is 0 Å². The molecule has 0 saturated carbocycles. The Kier molecular flexibility index (Phi) is 31.2. The predicted octanol–water partition coefficient (Wildman–Crippen LogP) is 31.9. The van der Waals surface area contributed by atoms with Gasteiger partial charge in [0.25, 0.3) is 0 Å². The van der Waals surface area contributed by atoms with Crippen LogP contribution in [0.25, 0.3) is 66.8 Å². The maximum Gasteiger partial charge on any atom is 0.331 e. The quantitative estimate of drug-likeness (QED) is 0.0405. The highest BCUT2D eigenvalue weighted by Gasteiger charge is 2.21. The Labute approximate surface area is 848 Å². The minimum absolute atomic E-state index is 0.0456. The molecule has 4 heterocycles. The second-order valence-corrected chi connectivity index (χ2v) is 32.7. The summed E-state index contributed by atoms with van der Waals surface area (Å²) in [7, 11) is 0. The third kappa shape index (κ3) is 28.0. The number of benzene rings is 18. The smallest absolute Gasteiger partial charge is 0.331 e. The van der Waals surface area contributed by atoms with E-state index in [4.69, 9.17) is 56.8 Å². The van der Waals surface area contributed by atoms with Crippen LogP contribution in [0.4, 0.5) is 0 Å². The number of aromatic nitrogens is 12. The molecule has 0 spiro atoms. The summed E-state index contributed by atoms with van der Waals surface area (Å²) in [5, 5.41) is 0. The molecule has 0 unspecified atom stereocenters. The molecule has 0 amide bonds. The molecule has 0 saturated heterocycles. The molecule has 24 heteroatoms. The van der Waals surface area contributed by atoms with Gasteiger partial charge in [-0.3, -0.25) is 0 Å². The lowest BCUT2D eigenvalue weighted by Crippen LogP contribution is -2.01. The molecule has 0 aliphatic rings. The monoisotopic (exact) mass is 1930 g/mol. The van der Waals surface area contributed by atoms with Gasteiger partial charge < -0.3 is 56.8 Å². The van der Waals surface area contributed by atoms with E-state index in [1.165, 1.54) is 0 Å². The fraction of sp³-hybridized carbons (Fsp3) is 0.0244. The highest BCUT2D eigenvalue weighted by Crippen LogP contribution is 2.38. The lowest BCUT2D eigenvalue weighted by Gasteiger charge is -2.11. The fourth-order valence-corrected chi connectivity index (χ4v) is 14.5. The van der Waals surface area contributed by atoms with Gasteiger partial charge in [-0.05, 0) is 233 Å². The Morgan fingerprint density at radius 1 is 0.0952 bits per heavy atom. The van der Waals surface area contributed by atoms with E-state index in [0.29, 0.717) is 69.0 Å².